The maximum Gasteiger partial charge on any atom is 0.255 e. The molecule has 24 heavy (non-hydrogen) atoms. The Labute approximate surface area is 143 Å². The van der Waals surface area contributed by atoms with Crippen molar-refractivity contribution < 1.29 is 9.53 Å². The van der Waals surface area contributed by atoms with Crippen molar-refractivity contribution in [3.63, 3.8) is 0 Å². The van der Waals surface area contributed by atoms with Crippen LogP contribution >= 0.6 is 0 Å². The van der Waals surface area contributed by atoms with Gasteiger partial charge in [0.25, 0.3) is 5.91 Å². The third-order valence-corrected chi connectivity index (χ3v) is 3.59. The van der Waals surface area contributed by atoms with Gasteiger partial charge in [0.2, 0.25) is 0 Å². The van der Waals surface area contributed by atoms with Crippen molar-refractivity contribution in [1.29, 1.82) is 0 Å². The molecule has 1 heterocycles. The average molecular weight is 327 g/mol. The minimum absolute atomic E-state index is 0.0400. The summed E-state index contributed by atoms with van der Waals surface area (Å²) in [6, 6.07) is 11.0. The molecule has 1 N–H and O–H groups in total. The fraction of sp³-hybridized carbons (Fsp3) is 0.368. The number of benzene rings is 1. The van der Waals surface area contributed by atoms with Crippen LogP contribution in [0.25, 0.3) is 0 Å². The number of hydrogen-bond acceptors (Lipinski definition) is 4. The summed E-state index contributed by atoms with van der Waals surface area (Å²) in [5.74, 6) is 1.30. The Morgan fingerprint density at radius 2 is 1.92 bits per heavy atom. The lowest BCUT2D eigenvalue weighted by Crippen LogP contribution is -2.23. The summed E-state index contributed by atoms with van der Waals surface area (Å²) >= 11 is 0. The summed E-state index contributed by atoms with van der Waals surface area (Å²) in [6.07, 6.45) is 1.71. The van der Waals surface area contributed by atoms with Crippen molar-refractivity contribution >= 4 is 17.4 Å². The molecule has 128 valence electrons. The fourth-order valence-corrected chi connectivity index (χ4v) is 2.40. The number of aromatic nitrogens is 1. The second-order valence-electron chi connectivity index (χ2n) is 5.69. The molecule has 2 aromatic rings. The van der Waals surface area contributed by atoms with Gasteiger partial charge in [0.15, 0.2) is 0 Å². The first kappa shape index (κ1) is 17.8. The zero-order chi connectivity index (χ0) is 17.5. The van der Waals surface area contributed by atoms with Crippen LogP contribution in [0.5, 0.6) is 5.75 Å². The summed E-state index contributed by atoms with van der Waals surface area (Å²) in [5.41, 5.74) is 1.24. The Balaban J connectivity index is 2.20. The first-order valence-corrected chi connectivity index (χ1v) is 8.33. The summed E-state index contributed by atoms with van der Waals surface area (Å²) < 4.78 is 5.74. The number of carbonyl (C=O) groups excluding carboxylic acids is 1. The van der Waals surface area contributed by atoms with E-state index in [1.54, 1.807) is 12.3 Å². The molecule has 0 bridgehead atoms. The molecule has 0 aliphatic heterocycles. The molecule has 5 nitrogen and oxygen atoms in total. The van der Waals surface area contributed by atoms with E-state index in [2.05, 4.69) is 29.0 Å². The van der Waals surface area contributed by atoms with E-state index in [0.29, 0.717) is 17.0 Å². The van der Waals surface area contributed by atoms with Crippen LogP contribution in [0.2, 0.25) is 0 Å². The minimum atomic E-state index is -0.175. The van der Waals surface area contributed by atoms with E-state index in [-0.39, 0.29) is 12.0 Å². The average Bonchev–Trinajstić information content (AvgIpc) is 2.57. The molecule has 0 spiro atoms. The first-order chi connectivity index (χ1) is 11.5. The molecule has 0 aliphatic rings. The van der Waals surface area contributed by atoms with Gasteiger partial charge in [-0.05, 0) is 52.0 Å². The standard InChI is InChI=1S/C19H25N3O2/c1-5-22(6-2)18-13-15(11-12-20-18)19(23)21-16-9-7-8-10-17(16)24-14(3)4/h7-14H,5-6H2,1-4H3,(H,21,23). The number of nitrogens with one attached hydrogen (secondary N) is 1. The Morgan fingerprint density at radius 3 is 2.58 bits per heavy atom. The maximum atomic E-state index is 12.6. The second kappa shape index (κ2) is 8.34. The van der Waals surface area contributed by atoms with Crippen molar-refractivity contribution in [2.45, 2.75) is 33.8 Å². The maximum absolute atomic E-state index is 12.6. The van der Waals surface area contributed by atoms with E-state index in [1.807, 2.05) is 44.2 Å². The Morgan fingerprint density at radius 1 is 1.21 bits per heavy atom. The fourth-order valence-electron chi connectivity index (χ4n) is 2.40. The molecule has 0 fully saturated rings. The molecule has 2 rings (SSSR count). The lowest BCUT2D eigenvalue weighted by Gasteiger charge is -2.20. The molecular weight excluding hydrogens is 302 g/mol. The van der Waals surface area contributed by atoms with Gasteiger partial charge in [0.05, 0.1) is 11.8 Å². The quantitative estimate of drug-likeness (QED) is 0.836. The van der Waals surface area contributed by atoms with Gasteiger partial charge >= 0.3 is 0 Å². The van der Waals surface area contributed by atoms with Crippen molar-refractivity contribution in [1.82, 2.24) is 4.98 Å². The SMILES string of the molecule is CCN(CC)c1cc(C(=O)Nc2ccccc2OC(C)C)ccn1. The van der Waals surface area contributed by atoms with Gasteiger partial charge < -0.3 is 15.0 Å². The predicted molar refractivity (Wildman–Crippen MR) is 98.0 cm³/mol. The third-order valence-electron chi connectivity index (χ3n) is 3.59. The molecular formula is C19H25N3O2. The van der Waals surface area contributed by atoms with Crippen LogP contribution < -0.4 is 15.0 Å². The van der Waals surface area contributed by atoms with E-state index in [4.69, 9.17) is 4.74 Å². The van der Waals surface area contributed by atoms with E-state index in [1.165, 1.54) is 0 Å². The van der Waals surface area contributed by atoms with E-state index >= 15 is 0 Å². The molecule has 0 atom stereocenters. The van der Waals surface area contributed by atoms with Gasteiger partial charge in [-0.3, -0.25) is 4.79 Å². The Hall–Kier alpha value is -2.56. The lowest BCUT2D eigenvalue weighted by molar-refractivity contribution is 0.102. The largest absolute Gasteiger partial charge is 0.489 e. The van der Waals surface area contributed by atoms with Crippen LogP contribution in [0.4, 0.5) is 11.5 Å². The number of pyridine rings is 1. The van der Waals surface area contributed by atoms with Gasteiger partial charge in [-0.1, -0.05) is 12.1 Å². The summed E-state index contributed by atoms with van der Waals surface area (Å²) in [4.78, 5) is 19.0. The summed E-state index contributed by atoms with van der Waals surface area (Å²) in [6.45, 7) is 9.74. The van der Waals surface area contributed by atoms with E-state index < -0.39 is 0 Å². The van der Waals surface area contributed by atoms with Crippen LogP contribution in [0.3, 0.4) is 0 Å². The molecule has 1 aromatic carbocycles. The Kier molecular flexibility index (Phi) is 6.18. The van der Waals surface area contributed by atoms with Crippen molar-refractivity contribution in [3.05, 3.63) is 48.2 Å². The molecule has 0 saturated carbocycles. The van der Waals surface area contributed by atoms with Gasteiger partial charge in [-0.15, -0.1) is 0 Å². The second-order valence-corrected chi connectivity index (χ2v) is 5.69. The van der Waals surface area contributed by atoms with Crippen LogP contribution in [0.15, 0.2) is 42.6 Å². The van der Waals surface area contributed by atoms with E-state index in [0.717, 1.165) is 18.9 Å². The van der Waals surface area contributed by atoms with Crippen molar-refractivity contribution in [3.8, 4) is 5.75 Å². The highest BCUT2D eigenvalue weighted by molar-refractivity contribution is 6.05. The number of nitrogens with zero attached hydrogens (tertiary/aromatic N) is 2. The highest BCUT2D eigenvalue weighted by atomic mass is 16.5. The van der Waals surface area contributed by atoms with Crippen LogP contribution in [-0.4, -0.2) is 30.1 Å². The number of hydrogen-bond donors (Lipinski definition) is 1. The third kappa shape index (κ3) is 4.47. The predicted octanol–water partition coefficient (Wildman–Crippen LogP) is 3.97. The number of para-hydroxylation sites is 2. The highest BCUT2D eigenvalue weighted by Gasteiger charge is 2.13. The van der Waals surface area contributed by atoms with Gasteiger partial charge in [0.1, 0.15) is 11.6 Å². The molecule has 0 saturated heterocycles. The van der Waals surface area contributed by atoms with Crippen LogP contribution in [0, 0.1) is 0 Å². The van der Waals surface area contributed by atoms with Crippen molar-refractivity contribution in [2.24, 2.45) is 0 Å². The van der Waals surface area contributed by atoms with Crippen molar-refractivity contribution in [2.75, 3.05) is 23.3 Å². The smallest absolute Gasteiger partial charge is 0.255 e. The number of anilines is 2. The lowest BCUT2D eigenvalue weighted by atomic mass is 10.2. The monoisotopic (exact) mass is 327 g/mol. The van der Waals surface area contributed by atoms with E-state index in [9.17, 15) is 4.79 Å². The molecule has 1 amide bonds. The zero-order valence-electron chi connectivity index (χ0n) is 14.7. The number of ether oxygens (including phenoxy) is 1. The van der Waals surface area contributed by atoms with Gasteiger partial charge in [-0.2, -0.15) is 0 Å². The number of amides is 1. The van der Waals surface area contributed by atoms with Gasteiger partial charge in [0, 0.05) is 24.8 Å². The molecule has 1 aromatic heterocycles. The molecule has 0 aliphatic carbocycles. The normalized spacial score (nSPS) is 10.5. The first-order valence-electron chi connectivity index (χ1n) is 8.33. The molecule has 0 unspecified atom stereocenters. The number of rotatable bonds is 7. The number of carbonyl (C=O) groups is 1. The molecule has 0 radical (unpaired) electrons. The highest BCUT2D eigenvalue weighted by Crippen LogP contribution is 2.25. The van der Waals surface area contributed by atoms with Gasteiger partial charge in [-0.25, -0.2) is 4.98 Å². The van der Waals surface area contributed by atoms with Crippen LogP contribution in [-0.2, 0) is 0 Å². The minimum Gasteiger partial charge on any atom is -0.489 e. The topological polar surface area (TPSA) is 54.5 Å². The molecule has 5 heteroatoms. The Bertz CT molecular complexity index is 682. The van der Waals surface area contributed by atoms with Crippen LogP contribution in [0.1, 0.15) is 38.1 Å². The summed E-state index contributed by atoms with van der Waals surface area (Å²) in [5, 5.41) is 2.92. The zero-order valence-corrected chi connectivity index (χ0v) is 14.7. The summed E-state index contributed by atoms with van der Waals surface area (Å²) in [7, 11) is 0.